The molecule has 6 rings (SSSR count). The number of carbonyl (C=O) groups excluding carboxylic acids is 1. The monoisotopic (exact) mass is 517 g/mol. The van der Waals surface area contributed by atoms with Crippen LogP contribution >= 0.6 is 0 Å². The van der Waals surface area contributed by atoms with E-state index in [1.54, 1.807) is 27.7 Å². The van der Waals surface area contributed by atoms with Gasteiger partial charge in [-0.3, -0.25) is 9.59 Å². The molecular formula is C26H24FN7O4. The lowest BCUT2D eigenvalue weighted by atomic mass is 10.1. The zero-order valence-electron chi connectivity index (χ0n) is 20.2. The summed E-state index contributed by atoms with van der Waals surface area (Å²) in [5.41, 5.74) is 6.66. The van der Waals surface area contributed by atoms with Gasteiger partial charge >= 0.3 is 5.97 Å². The van der Waals surface area contributed by atoms with E-state index in [1.807, 2.05) is 23.1 Å². The van der Waals surface area contributed by atoms with Crippen LogP contribution in [0, 0.1) is 5.82 Å². The molecule has 2 aliphatic rings. The number of amides is 1. The van der Waals surface area contributed by atoms with E-state index in [1.165, 1.54) is 10.9 Å². The van der Waals surface area contributed by atoms with Crippen LogP contribution in [0.1, 0.15) is 39.7 Å². The summed E-state index contributed by atoms with van der Waals surface area (Å²) in [7, 11) is 0. The van der Waals surface area contributed by atoms with E-state index >= 15 is 4.39 Å². The van der Waals surface area contributed by atoms with E-state index in [4.69, 9.17) is 5.73 Å². The number of piperazine rings is 1. The van der Waals surface area contributed by atoms with Crippen molar-refractivity contribution < 1.29 is 19.1 Å². The van der Waals surface area contributed by atoms with E-state index < -0.39 is 17.2 Å². The number of anilines is 2. The summed E-state index contributed by atoms with van der Waals surface area (Å²) in [5.74, 6) is -2.16. The quantitative estimate of drug-likeness (QED) is 0.411. The number of hydrogen-bond donors (Lipinski definition) is 2. The summed E-state index contributed by atoms with van der Waals surface area (Å²) in [6, 6.07) is 12.0. The molecule has 0 spiro atoms. The van der Waals surface area contributed by atoms with Gasteiger partial charge in [-0.25, -0.2) is 9.18 Å². The minimum atomic E-state index is -1.33. The van der Waals surface area contributed by atoms with E-state index in [0.717, 1.165) is 18.9 Å². The maximum absolute atomic E-state index is 15.2. The number of rotatable bonds is 5. The van der Waals surface area contributed by atoms with Crippen molar-refractivity contribution in [2.45, 2.75) is 18.9 Å². The second kappa shape index (κ2) is 8.98. The summed E-state index contributed by atoms with van der Waals surface area (Å²) < 4.78 is 18.4. The third kappa shape index (κ3) is 3.94. The number of nitrogens with zero attached hydrogens (tertiary/aromatic N) is 6. The Labute approximate surface area is 215 Å². The first-order chi connectivity index (χ1) is 18.3. The molecule has 0 radical (unpaired) electrons. The number of para-hydroxylation sites is 1. The number of carbonyl (C=O) groups is 2. The highest BCUT2D eigenvalue weighted by molar-refractivity contribution is 5.97. The molecule has 0 bridgehead atoms. The fourth-order valence-electron chi connectivity index (χ4n) is 4.91. The number of nitrogens with two attached hydrogens (primary N) is 1. The normalized spacial score (nSPS) is 15.7. The van der Waals surface area contributed by atoms with Gasteiger partial charge in [-0.2, -0.15) is 4.68 Å². The van der Waals surface area contributed by atoms with Crippen LogP contribution in [0.15, 0.2) is 53.5 Å². The van der Waals surface area contributed by atoms with Crippen molar-refractivity contribution in [3.63, 3.8) is 0 Å². The molecule has 194 valence electrons. The zero-order valence-corrected chi connectivity index (χ0v) is 20.2. The van der Waals surface area contributed by atoms with Crippen LogP contribution in [-0.2, 0) is 0 Å². The van der Waals surface area contributed by atoms with Crippen molar-refractivity contribution in [1.29, 1.82) is 0 Å². The largest absolute Gasteiger partial charge is 0.477 e. The van der Waals surface area contributed by atoms with Crippen molar-refractivity contribution in [2.75, 3.05) is 36.8 Å². The second-order valence-electron chi connectivity index (χ2n) is 9.49. The SMILES string of the molecule is Nc1c(C(=O)N2CCN(c3cc4c(cc3F)c(=O)c(C(=O)O)cn4C3CC3)CC2)nnn1-c1ccccc1. The first-order valence-corrected chi connectivity index (χ1v) is 12.3. The third-order valence-electron chi connectivity index (χ3n) is 7.09. The number of halogens is 1. The average Bonchev–Trinajstić information content (AvgIpc) is 3.70. The number of benzene rings is 2. The maximum atomic E-state index is 15.2. The minimum absolute atomic E-state index is 0.0452. The average molecular weight is 518 g/mol. The molecule has 1 saturated heterocycles. The fourth-order valence-corrected chi connectivity index (χ4v) is 4.91. The van der Waals surface area contributed by atoms with Gasteiger partial charge in [-0.05, 0) is 37.1 Å². The van der Waals surface area contributed by atoms with Crippen LogP contribution in [-0.4, -0.2) is 67.6 Å². The van der Waals surface area contributed by atoms with Crippen LogP contribution in [0.3, 0.4) is 0 Å². The molecule has 1 aliphatic carbocycles. The number of carboxylic acids is 1. The molecule has 38 heavy (non-hydrogen) atoms. The number of hydrogen-bond acceptors (Lipinski definition) is 7. The smallest absolute Gasteiger partial charge is 0.341 e. The number of fused-ring (bicyclic) bond motifs is 1. The third-order valence-corrected chi connectivity index (χ3v) is 7.09. The highest BCUT2D eigenvalue weighted by Gasteiger charge is 2.30. The number of carboxylic acid groups (broad SMARTS) is 1. The minimum Gasteiger partial charge on any atom is -0.477 e. The predicted molar refractivity (Wildman–Crippen MR) is 137 cm³/mol. The molecule has 1 aliphatic heterocycles. The highest BCUT2D eigenvalue weighted by atomic mass is 19.1. The van der Waals surface area contributed by atoms with Crippen LogP contribution in [0.25, 0.3) is 16.6 Å². The van der Waals surface area contributed by atoms with Crippen LogP contribution < -0.4 is 16.1 Å². The Morgan fingerprint density at radius 2 is 1.76 bits per heavy atom. The summed E-state index contributed by atoms with van der Waals surface area (Å²) in [5, 5.41) is 17.5. The molecule has 11 nitrogen and oxygen atoms in total. The van der Waals surface area contributed by atoms with Crippen LogP contribution in [0.4, 0.5) is 15.9 Å². The summed E-state index contributed by atoms with van der Waals surface area (Å²) in [4.78, 5) is 40.9. The first kappa shape index (κ1) is 23.6. The molecule has 4 aromatic rings. The van der Waals surface area contributed by atoms with E-state index in [-0.39, 0.29) is 34.4 Å². The van der Waals surface area contributed by atoms with Crippen molar-refractivity contribution >= 4 is 34.3 Å². The molecule has 1 amide bonds. The van der Waals surface area contributed by atoms with Gasteiger partial charge < -0.3 is 25.2 Å². The fraction of sp³-hybridized carbons (Fsp3) is 0.269. The zero-order chi connectivity index (χ0) is 26.6. The summed E-state index contributed by atoms with van der Waals surface area (Å²) >= 11 is 0. The van der Waals surface area contributed by atoms with Gasteiger partial charge in [0.15, 0.2) is 11.5 Å². The Morgan fingerprint density at radius 1 is 1.05 bits per heavy atom. The van der Waals surface area contributed by atoms with Crippen molar-refractivity contribution in [3.05, 3.63) is 76.0 Å². The van der Waals surface area contributed by atoms with E-state index in [9.17, 15) is 19.5 Å². The molecule has 12 heteroatoms. The topological polar surface area (TPSA) is 140 Å². The molecule has 1 saturated carbocycles. The maximum Gasteiger partial charge on any atom is 0.341 e. The van der Waals surface area contributed by atoms with E-state index in [2.05, 4.69) is 10.3 Å². The van der Waals surface area contributed by atoms with Crippen LogP contribution in [0.2, 0.25) is 0 Å². The standard InChI is InChI=1S/C26H24FN7O4/c27-19-12-17-20(33(15-6-7-15)14-18(23(17)35)26(37)38)13-21(19)31-8-10-32(11-9-31)25(36)22-24(28)34(30-29-22)16-4-2-1-3-5-16/h1-5,12-15H,6-11,28H2,(H,37,38). The number of aromatic nitrogens is 4. The molecule has 2 aromatic heterocycles. The van der Waals surface area contributed by atoms with Crippen molar-refractivity contribution in [3.8, 4) is 5.69 Å². The van der Waals surface area contributed by atoms with Gasteiger partial charge in [0, 0.05) is 43.8 Å². The van der Waals surface area contributed by atoms with Gasteiger partial charge in [0.1, 0.15) is 11.4 Å². The molecule has 2 aromatic carbocycles. The molecular weight excluding hydrogens is 493 g/mol. The Morgan fingerprint density at radius 3 is 2.42 bits per heavy atom. The Hall–Kier alpha value is -4.74. The first-order valence-electron chi connectivity index (χ1n) is 12.3. The Kier molecular flexibility index (Phi) is 5.59. The molecule has 0 unspecified atom stereocenters. The van der Waals surface area contributed by atoms with Gasteiger partial charge in [0.25, 0.3) is 5.91 Å². The van der Waals surface area contributed by atoms with E-state index in [0.29, 0.717) is 43.1 Å². The lowest BCUT2D eigenvalue weighted by Gasteiger charge is -2.36. The summed E-state index contributed by atoms with van der Waals surface area (Å²) in [6.45, 7) is 1.31. The molecule has 3 heterocycles. The number of nitrogen functional groups attached to an aromatic ring is 1. The lowest BCUT2D eigenvalue weighted by Crippen LogP contribution is -2.49. The predicted octanol–water partition coefficient (Wildman–Crippen LogP) is 2.30. The molecule has 0 atom stereocenters. The number of pyridine rings is 1. The number of aromatic carboxylic acids is 1. The van der Waals surface area contributed by atoms with Gasteiger partial charge in [0.2, 0.25) is 5.43 Å². The highest BCUT2D eigenvalue weighted by Crippen LogP contribution is 2.38. The Bertz CT molecular complexity index is 1640. The van der Waals surface area contributed by atoms with Gasteiger partial charge in [-0.1, -0.05) is 23.4 Å². The molecule has 3 N–H and O–H groups in total. The lowest BCUT2D eigenvalue weighted by molar-refractivity contribution is 0.0693. The van der Waals surface area contributed by atoms with Gasteiger partial charge in [0.05, 0.1) is 16.9 Å². The van der Waals surface area contributed by atoms with Crippen LogP contribution in [0.5, 0.6) is 0 Å². The van der Waals surface area contributed by atoms with Crippen molar-refractivity contribution in [2.24, 2.45) is 0 Å². The molecule has 2 fully saturated rings. The summed E-state index contributed by atoms with van der Waals surface area (Å²) in [6.07, 6.45) is 3.08. The Balaban J connectivity index is 1.24. The van der Waals surface area contributed by atoms with Gasteiger partial charge in [-0.15, -0.1) is 5.10 Å². The second-order valence-corrected chi connectivity index (χ2v) is 9.49. The van der Waals surface area contributed by atoms with Crippen molar-refractivity contribution in [1.82, 2.24) is 24.5 Å².